The van der Waals surface area contributed by atoms with E-state index >= 15 is 0 Å². The van der Waals surface area contributed by atoms with Crippen molar-refractivity contribution >= 4 is 21.7 Å². The SMILES string of the molecule is ClCl.Oc1ccccc1. The van der Waals surface area contributed by atoms with Gasteiger partial charge in [-0.2, -0.15) is 0 Å². The van der Waals surface area contributed by atoms with Gasteiger partial charge in [0.2, 0.25) is 0 Å². The Morgan fingerprint density at radius 2 is 1.44 bits per heavy atom. The lowest BCUT2D eigenvalue weighted by atomic mass is 10.3. The van der Waals surface area contributed by atoms with E-state index in [4.69, 9.17) is 5.11 Å². The van der Waals surface area contributed by atoms with Crippen molar-refractivity contribution in [2.45, 2.75) is 0 Å². The van der Waals surface area contributed by atoms with Crippen LogP contribution in [-0.2, 0) is 0 Å². The van der Waals surface area contributed by atoms with Crippen LogP contribution in [0.1, 0.15) is 0 Å². The number of rotatable bonds is 0. The Kier molecular flexibility index (Phi) is 5.48. The van der Waals surface area contributed by atoms with E-state index < -0.39 is 0 Å². The molecular weight excluding hydrogens is 159 g/mol. The van der Waals surface area contributed by atoms with Gasteiger partial charge < -0.3 is 5.11 Å². The number of para-hydroxylation sites is 1. The Labute approximate surface area is 63.4 Å². The molecular formula is C6H6Cl2O. The maximum absolute atomic E-state index is 8.63. The van der Waals surface area contributed by atoms with Gasteiger partial charge in [-0.15, -0.1) is 0 Å². The second-order valence-corrected chi connectivity index (χ2v) is 1.34. The molecule has 0 aliphatic rings. The summed E-state index contributed by atoms with van der Waals surface area (Å²) in [5.41, 5.74) is 0. The zero-order valence-electron chi connectivity index (χ0n) is 4.59. The van der Waals surface area contributed by atoms with Gasteiger partial charge in [-0.05, 0) is 12.1 Å². The predicted molar refractivity (Wildman–Crippen MR) is 39.8 cm³/mol. The Balaban J connectivity index is 0.000000291. The second kappa shape index (κ2) is 5.73. The van der Waals surface area contributed by atoms with Crippen LogP contribution in [0.2, 0.25) is 0 Å². The van der Waals surface area contributed by atoms with E-state index in [1.54, 1.807) is 24.3 Å². The summed E-state index contributed by atoms with van der Waals surface area (Å²) < 4.78 is 0. The fourth-order valence-corrected chi connectivity index (χ4v) is 0.428. The van der Waals surface area contributed by atoms with Gasteiger partial charge in [0.05, 0.1) is 0 Å². The number of aromatic hydroxyl groups is 1. The molecule has 0 spiro atoms. The highest BCUT2D eigenvalue weighted by molar-refractivity contribution is 6.85. The Bertz CT molecular complexity index is 141. The van der Waals surface area contributed by atoms with E-state index in [0.29, 0.717) is 5.75 Å². The highest BCUT2D eigenvalue weighted by Gasteiger charge is 1.74. The normalized spacial score (nSPS) is 7.33. The van der Waals surface area contributed by atoms with Gasteiger partial charge >= 0.3 is 0 Å². The van der Waals surface area contributed by atoms with Crippen molar-refractivity contribution in [2.24, 2.45) is 0 Å². The number of halogens is 2. The van der Waals surface area contributed by atoms with Gasteiger partial charge in [0.15, 0.2) is 0 Å². The quantitative estimate of drug-likeness (QED) is 0.626. The molecule has 1 N–H and O–H groups in total. The largest absolute Gasteiger partial charge is 0.508 e. The van der Waals surface area contributed by atoms with E-state index in [1.807, 2.05) is 6.07 Å². The summed E-state index contributed by atoms with van der Waals surface area (Å²) in [6, 6.07) is 8.71. The minimum atomic E-state index is 0.322. The van der Waals surface area contributed by atoms with Crippen LogP contribution in [-0.4, -0.2) is 5.11 Å². The number of hydrogen-bond donors (Lipinski definition) is 1. The zero-order valence-corrected chi connectivity index (χ0v) is 6.10. The fraction of sp³-hybridized carbons (Fsp3) is 0. The molecule has 9 heavy (non-hydrogen) atoms. The van der Waals surface area contributed by atoms with Gasteiger partial charge in [-0.3, -0.25) is 0 Å². The van der Waals surface area contributed by atoms with Crippen LogP contribution in [0.15, 0.2) is 30.3 Å². The number of hydrogen-bond acceptors (Lipinski definition) is 1. The maximum atomic E-state index is 8.63. The van der Waals surface area contributed by atoms with E-state index in [1.165, 1.54) is 0 Å². The predicted octanol–water partition coefficient (Wildman–Crippen LogP) is 2.77. The third kappa shape index (κ3) is 4.13. The molecule has 3 heteroatoms. The summed E-state index contributed by atoms with van der Waals surface area (Å²) >= 11 is 0. The second-order valence-electron chi connectivity index (χ2n) is 1.34. The molecule has 0 fully saturated rings. The van der Waals surface area contributed by atoms with Crippen molar-refractivity contribution in [3.05, 3.63) is 30.3 Å². The van der Waals surface area contributed by atoms with E-state index in [0.717, 1.165) is 0 Å². The van der Waals surface area contributed by atoms with Gasteiger partial charge in [-0.25, -0.2) is 0 Å². The molecule has 0 aliphatic heterocycles. The van der Waals surface area contributed by atoms with Gasteiger partial charge in [0.25, 0.3) is 0 Å². The van der Waals surface area contributed by atoms with Crippen molar-refractivity contribution in [1.29, 1.82) is 0 Å². The molecule has 0 heterocycles. The molecule has 0 aromatic heterocycles. The Hall–Kier alpha value is -0.400. The molecule has 50 valence electrons. The van der Waals surface area contributed by atoms with Crippen LogP contribution < -0.4 is 0 Å². The lowest BCUT2D eigenvalue weighted by Gasteiger charge is -1.82. The summed E-state index contributed by atoms with van der Waals surface area (Å²) in [6.45, 7) is 0. The minimum Gasteiger partial charge on any atom is -0.508 e. The van der Waals surface area contributed by atoms with Gasteiger partial charge in [0, 0.05) is 21.7 Å². The first-order valence-electron chi connectivity index (χ1n) is 2.28. The van der Waals surface area contributed by atoms with Gasteiger partial charge in [0.1, 0.15) is 5.75 Å². The summed E-state index contributed by atoms with van der Waals surface area (Å²) in [6.07, 6.45) is 0. The molecule has 0 amide bonds. The molecule has 0 saturated heterocycles. The molecule has 0 aliphatic carbocycles. The van der Waals surface area contributed by atoms with Crippen LogP contribution in [0.5, 0.6) is 5.75 Å². The Morgan fingerprint density at radius 3 is 1.67 bits per heavy atom. The molecule has 1 aromatic rings. The topological polar surface area (TPSA) is 20.2 Å². The van der Waals surface area contributed by atoms with Crippen molar-refractivity contribution in [3.63, 3.8) is 0 Å². The molecule has 0 atom stereocenters. The minimum absolute atomic E-state index is 0.322. The average Bonchev–Trinajstić information content (AvgIpc) is 1.94. The summed E-state index contributed by atoms with van der Waals surface area (Å²) in [5, 5.41) is 8.63. The van der Waals surface area contributed by atoms with E-state index in [9.17, 15) is 0 Å². The fourth-order valence-electron chi connectivity index (χ4n) is 0.428. The number of benzene rings is 1. The average molecular weight is 165 g/mol. The molecule has 0 unspecified atom stereocenters. The van der Waals surface area contributed by atoms with Crippen molar-refractivity contribution in [2.75, 3.05) is 0 Å². The van der Waals surface area contributed by atoms with Crippen LogP contribution in [0.3, 0.4) is 0 Å². The molecule has 0 bridgehead atoms. The van der Waals surface area contributed by atoms with Crippen molar-refractivity contribution in [3.8, 4) is 5.75 Å². The first kappa shape index (κ1) is 8.60. The molecule has 1 aromatic carbocycles. The van der Waals surface area contributed by atoms with Crippen molar-refractivity contribution < 1.29 is 5.11 Å². The summed E-state index contributed by atoms with van der Waals surface area (Å²) in [4.78, 5) is 0. The number of phenols is 1. The lowest BCUT2D eigenvalue weighted by Crippen LogP contribution is -1.56. The molecule has 0 saturated carbocycles. The van der Waals surface area contributed by atoms with Crippen LogP contribution in [0.25, 0.3) is 0 Å². The summed E-state index contributed by atoms with van der Waals surface area (Å²) in [7, 11) is 8.22. The number of phenolic OH excluding ortho intramolecular Hbond substituents is 1. The first-order valence-corrected chi connectivity index (χ1v) is 3.42. The monoisotopic (exact) mass is 164 g/mol. The van der Waals surface area contributed by atoms with Crippen LogP contribution in [0.4, 0.5) is 0 Å². The smallest absolute Gasteiger partial charge is 0.115 e. The van der Waals surface area contributed by atoms with Crippen LogP contribution in [0, 0.1) is 0 Å². The highest BCUT2D eigenvalue weighted by atomic mass is 36.5. The van der Waals surface area contributed by atoms with Gasteiger partial charge in [-0.1, -0.05) is 18.2 Å². The van der Waals surface area contributed by atoms with Crippen molar-refractivity contribution in [1.82, 2.24) is 0 Å². The molecule has 0 radical (unpaired) electrons. The third-order valence-electron chi connectivity index (χ3n) is 0.756. The molecule has 1 nitrogen and oxygen atoms in total. The van der Waals surface area contributed by atoms with E-state index in [2.05, 4.69) is 21.7 Å². The molecule has 1 rings (SSSR count). The summed E-state index contributed by atoms with van der Waals surface area (Å²) in [5.74, 6) is 0.322. The Morgan fingerprint density at radius 1 is 1.00 bits per heavy atom. The lowest BCUT2D eigenvalue weighted by molar-refractivity contribution is 0.475. The highest BCUT2D eigenvalue weighted by Crippen LogP contribution is 2.02. The maximum Gasteiger partial charge on any atom is 0.115 e. The van der Waals surface area contributed by atoms with Crippen LogP contribution >= 0.6 is 21.7 Å². The van der Waals surface area contributed by atoms with E-state index in [-0.39, 0.29) is 0 Å². The zero-order chi connectivity index (χ0) is 7.11. The third-order valence-corrected chi connectivity index (χ3v) is 0.756. The standard InChI is InChI=1S/C6H6O.Cl2/c7-6-4-2-1-3-5-6;1-2/h1-5,7H;. The first-order chi connectivity index (χ1) is 4.39.